The summed E-state index contributed by atoms with van der Waals surface area (Å²) in [5, 5.41) is 6.20. The van der Waals surface area contributed by atoms with Crippen LogP contribution >= 0.6 is 0 Å². The Morgan fingerprint density at radius 1 is 0.735 bits per heavy atom. The zero-order valence-electron chi connectivity index (χ0n) is 21.3. The third-order valence-electron chi connectivity index (χ3n) is 6.85. The van der Waals surface area contributed by atoms with Crippen molar-refractivity contribution in [3.63, 3.8) is 0 Å². The number of nitrogens with zero attached hydrogens (tertiary/aromatic N) is 3. The Labute approximate surface area is 202 Å². The van der Waals surface area contributed by atoms with Gasteiger partial charge in [0.25, 0.3) is 0 Å². The third kappa shape index (κ3) is 4.07. The second kappa shape index (κ2) is 8.84. The summed E-state index contributed by atoms with van der Waals surface area (Å²) in [7, 11) is 4.27. The van der Waals surface area contributed by atoms with Crippen LogP contribution in [0.4, 0.5) is 0 Å². The molecule has 5 rings (SSSR count). The van der Waals surface area contributed by atoms with E-state index in [9.17, 15) is 0 Å². The first-order chi connectivity index (χ1) is 16.3. The van der Waals surface area contributed by atoms with Crippen molar-refractivity contribution in [3.05, 3.63) is 72.3 Å². The van der Waals surface area contributed by atoms with Crippen LogP contribution in [-0.2, 0) is 20.6 Å². The molecule has 0 aliphatic rings. The Kier molecular flexibility index (Phi) is 5.86. The molecule has 176 valence electrons. The molecule has 0 atom stereocenters. The van der Waals surface area contributed by atoms with Gasteiger partial charge in [-0.3, -0.25) is 0 Å². The fourth-order valence-corrected chi connectivity index (χ4v) is 5.18. The molecule has 1 N–H and O–H groups in total. The molecule has 2 aromatic carbocycles. The second-order valence-electron chi connectivity index (χ2n) is 10.1. The quantitative estimate of drug-likeness (QED) is 0.270. The lowest BCUT2D eigenvalue weighted by Crippen LogP contribution is -2.24. The summed E-state index contributed by atoms with van der Waals surface area (Å²) in [5.41, 5.74) is 10.4. The maximum atomic E-state index is 3.55. The van der Waals surface area contributed by atoms with Gasteiger partial charge in [-0.25, -0.2) is 0 Å². The maximum Gasteiger partial charge on any atom is 0.0486 e. The highest BCUT2D eigenvalue weighted by Gasteiger charge is 2.19. The standard InChI is InChI=1S/C30H36N4/c1-20(2)31-12-7-13-34-19-28(24-15-22(4)9-11-30(24)34)26-17-32(5)16-25(26)27-18-33(6)29-10-8-21(3)14-23(27)29/h8-11,14-20,31H,7,12-13H2,1-6H3. The summed E-state index contributed by atoms with van der Waals surface area (Å²) in [6, 6.07) is 14.1. The van der Waals surface area contributed by atoms with E-state index in [1.807, 2.05) is 0 Å². The first-order valence-electron chi connectivity index (χ1n) is 12.4. The fourth-order valence-electron chi connectivity index (χ4n) is 5.18. The monoisotopic (exact) mass is 452 g/mol. The van der Waals surface area contributed by atoms with Crippen LogP contribution in [0.25, 0.3) is 44.1 Å². The molecule has 0 saturated heterocycles. The Morgan fingerprint density at radius 2 is 1.32 bits per heavy atom. The van der Waals surface area contributed by atoms with Crippen molar-refractivity contribution in [1.82, 2.24) is 19.0 Å². The van der Waals surface area contributed by atoms with Crippen LogP contribution in [-0.4, -0.2) is 26.3 Å². The number of fused-ring (bicyclic) bond motifs is 2. The summed E-state index contributed by atoms with van der Waals surface area (Å²) >= 11 is 0. The van der Waals surface area contributed by atoms with Crippen LogP contribution in [0.1, 0.15) is 31.4 Å². The largest absolute Gasteiger partial charge is 0.356 e. The minimum Gasteiger partial charge on any atom is -0.356 e. The summed E-state index contributed by atoms with van der Waals surface area (Å²) < 4.78 is 6.89. The van der Waals surface area contributed by atoms with Crippen molar-refractivity contribution in [2.75, 3.05) is 6.54 Å². The Bertz CT molecular complexity index is 1480. The van der Waals surface area contributed by atoms with Crippen LogP contribution < -0.4 is 5.32 Å². The van der Waals surface area contributed by atoms with Gasteiger partial charge in [0.05, 0.1) is 0 Å². The topological polar surface area (TPSA) is 26.8 Å². The lowest BCUT2D eigenvalue weighted by Gasteiger charge is -2.09. The van der Waals surface area contributed by atoms with E-state index in [0.717, 1.165) is 19.5 Å². The van der Waals surface area contributed by atoms with Crippen molar-refractivity contribution >= 4 is 21.8 Å². The SMILES string of the molecule is Cc1ccc2c(c1)c(-c1cn(C)cc1-c1cn(CCCNC(C)C)c3ccc(C)cc13)cn2C. The molecular formula is C30H36N4. The molecule has 0 radical (unpaired) electrons. The third-order valence-corrected chi connectivity index (χ3v) is 6.85. The number of hydrogen-bond donors (Lipinski definition) is 1. The Morgan fingerprint density at radius 3 is 1.97 bits per heavy atom. The Balaban J connectivity index is 1.65. The van der Waals surface area contributed by atoms with Gasteiger partial charge in [0, 0.05) is 95.5 Å². The van der Waals surface area contributed by atoms with Gasteiger partial charge in [0.1, 0.15) is 0 Å². The van der Waals surface area contributed by atoms with Gasteiger partial charge in [-0.05, 0) is 51.1 Å². The first kappa shape index (κ1) is 22.5. The molecule has 4 nitrogen and oxygen atoms in total. The van der Waals surface area contributed by atoms with E-state index < -0.39 is 0 Å². The van der Waals surface area contributed by atoms with E-state index in [0.29, 0.717) is 6.04 Å². The number of aromatic nitrogens is 3. The van der Waals surface area contributed by atoms with Crippen LogP contribution in [0.2, 0.25) is 0 Å². The smallest absolute Gasteiger partial charge is 0.0486 e. The molecule has 0 aliphatic heterocycles. The molecule has 0 aliphatic carbocycles. The summed E-state index contributed by atoms with van der Waals surface area (Å²) in [5.74, 6) is 0. The zero-order valence-corrected chi connectivity index (χ0v) is 21.3. The zero-order chi connectivity index (χ0) is 24.0. The van der Waals surface area contributed by atoms with E-state index in [2.05, 4.69) is 122 Å². The summed E-state index contributed by atoms with van der Waals surface area (Å²) in [6.07, 6.45) is 10.3. The molecule has 3 aromatic heterocycles. The predicted molar refractivity (Wildman–Crippen MR) is 145 cm³/mol. The predicted octanol–water partition coefficient (Wildman–Crippen LogP) is 6.81. The van der Waals surface area contributed by atoms with Gasteiger partial charge in [0.15, 0.2) is 0 Å². The van der Waals surface area contributed by atoms with E-state index in [1.54, 1.807) is 0 Å². The van der Waals surface area contributed by atoms with Gasteiger partial charge in [-0.15, -0.1) is 0 Å². The van der Waals surface area contributed by atoms with Crippen molar-refractivity contribution in [2.45, 2.75) is 46.7 Å². The van der Waals surface area contributed by atoms with E-state index >= 15 is 0 Å². The molecule has 0 saturated carbocycles. The van der Waals surface area contributed by atoms with Crippen molar-refractivity contribution in [2.24, 2.45) is 14.1 Å². The molecule has 34 heavy (non-hydrogen) atoms. The van der Waals surface area contributed by atoms with Crippen molar-refractivity contribution in [1.29, 1.82) is 0 Å². The molecular weight excluding hydrogens is 416 g/mol. The molecule has 5 aromatic rings. The second-order valence-corrected chi connectivity index (χ2v) is 10.1. The number of benzene rings is 2. The fraction of sp³-hybridized carbons (Fsp3) is 0.333. The van der Waals surface area contributed by atoms with E-state index in [-0.39, 0.29) is 0 Å². The highest BCUT2D eigenvalue weighted by molar-refractivity contribution is 6.05. The molecule has 0 bridgehead atoms. The van der Waals surface area contributed by atoms with Crippen LogP contribution in [0.5, 0.6) is 0 Å². The van der Waals surface area contributed by atoms with E-state index in [1.165, 1.54) is 55.2 Å². The average Bonchev–Trinajstić information content (AvgIpc) is 3.44. The summed E-state index contributed by atoms with van der Waals surface area (Å²) in [4.78, 5) is 0. The minimum atomic E-state index is 0.524. The normalized spacial score (nSPS) is 12.0. The molecule has 4 heteroatoms. The molecule has 0 amide bonds. The van der Waals surface area contributed by atoms with Crippen LogP contribution in [0.15, 0.2) is 61.2 Å². The lowest BCUT2D eigenvalue weighted by molar-refractivity contribution is 0.541. The molecule has 3 heterocycles. The number of rotatable bonds is 7. The van der Waals surface area contributed by atoms with Gasteiger partial charge in [-0.2, -0.15) is 0 Å². The minimum absolute atomic E-state index is 0.524. The highest BCUT2D eigenvalue weighted by atomic mass is 15.0. The first-order valence-corrected chi connectivity index (χ1v) is 12.4. The van der Waals surface area contributed by atoms with Gasteiger partial charge in [0.2, 0.25) is 0 Å². The van der Waals surface area contributed by atoms with Crippen LogP contribution in [0, 0.1) is 13.8 Å². The van der Waals surface area contributed by atoms with Crippen molar-refractivity contribution < 1.29 is 0 Å². The maximum absolute atomic E-state index is 3.55. The molecule has 0 unspecified atom stereocenters. The van der Waals surface area contributed by atoms with Gasteiger partial charge >= 0.3 is 0 Å². The van der Waals surface area contributed by atoms with Crippen molar-refractivity contribution in [3.8, 4) is 22.3 Å². The molecule has 0 fully saturated rings. The van der Waals surface area contributed by atoms with Gasteiger partial charge in [-0.1, -0.05) is 37.1 Å². The number of nitrogens with one attached hydrogen (secondary N) is 1. The average molecular weight is 453 g/mol. The Hall–Kier alpha value is -3.24. The number of hydrogen-bond acceptors (Lipinski definition) is 1. The highest BCUT2D eigenvalue weighted by Crippen LogP contribution is 2.41. The number of aryl methyl sites for hydroxylation is 5. The lowest BCUT2D eigenvalue weighted by atomic mass is 9.97. The van der Waals surface area contributed by atoms with Crippen LogP contribution in [0.3, 0.4) is 0 Å². The van der Waals surface area contributed by atoms with E-state index in [4.69, 9.17) is 0 Å². The summed E-state index contributed by atoms with van der Waals surface area (Å²) in [6.45, 7) is 10.8. The molecule has 0 spiro atoms. The van der Waals surface area contributed by atoms with Gasteiger partial charge < -0.3 is 19.0 Å².